The predicted octanol–water partition coefficient (Wildman–Crippen LogP) is 2.46. The highest BCUT2D eigenvalue weighted by molar-refractivity contribution is 5.31. The van der Waals surface area contributed by atoms with Gasteiger partial charge in [-0.25, -0.2) is 0 Å². The highest BCUT2D eigenvalue weighted by Crippen LogP contribution is 2.34. The summed E-state index contributed by atoms with van der Waals surface area (Å²) in [6.45, 7) is 3.57. The van der Waals surface area contributed by atoms with E-state index in [0.717, 1.165) is 19.5 Å². The summed E-state index contributed by atoms with van der Waals surface area (Å²) in [5.41, 5.74) is 2.95. The van der Waals surface area contributed by atoms with Crippen molar-refractivity contribution < 1.29 is 5.11 Å². The lowest BCUT2D eigenvalue weighted by molar-refractivity contribution is 0.0718. The molecule has 0 bridgehead atoms. The topological polar surface area (TPSA) is 35.5 Å². The molecule has 110 valence electrons. The van der Waals surface area contributed by atoms with Gasteiger partial charge in [-0.1, -0.05) is 30.7 Å². The van der Waals surface area contributed by atoms with Crippen molar-refractivity contribution in [1.82, 2.24) is 10.2 Å². The van der Waals surface area contributed by atoms with Crippen LogP contribution >= 0.6 is 0 Å². The summed E-state index contributed by atoms with van der Waals surface area (Å²) in [6.07, 6.45) is 5.96. The summed E-state index contributed by atoms with van der Waals surface area (Å²) in [4.78, 5) is 2.67. The fraction of sp³-hybridized carbons (Fsp3) is 0.647. The Labute approximate surface area is 122 Å². The molecule has 0 aliphatic carbocycles. The number of piperidine rings is 1. The van der Waals surface area contributed by atoms with Gasteiger partial charge < -0.3 is 10.4 Å². The second kappa shape index (κ2) is 6.70. The van der Waals surface area contributed by atoms with E-state index in [1.807, 2.05) is 0 Å². The van der Waals surface area contributed by atoms with Gasteiger partial charge in [-0.15, -0.1) is 0 Å². The Morgan fingerprint density at radius 1 is 1.20 bits per heavy atom. The van der Waals surface area contributed by atoms with Gasteiger partial charge in [-0.2, -0.15) is 0 Å². The molecule has 3 heteroatoms. The van der Waals surface area contributed by atoms with Crippen LogP contribution in [0.5, 0.6) is 0 Å². The first-order valence-electron chi connectivity index (χ1n) is 8.05. The van der Waals surface area contributed by atoms with Gasteiger partial charge in [0.2, 0.25) is 0 Å². The summed E-state index contributed by atoms with van der Waals surface area (Å²) in [6, 6.07) is 9.96. The number of fused-ring (bicyclic) bond motifs is 1. The molecule has 1 aromatic carbocycles. The molecule has 2 unspecified atom stereocenters. The van der Waals surface area contributed by atoms with Crippen LogP contribution in [-0.4, -0.2) is 35.7 Å². The molecule has 0 radical (unpaired) electrons. The standard InChI is InChI=1S/C17H26N2O/c20-12-9-15-6-3-4-11-19(15)17-8-10-18-13-14-5-1-2-7-16(14)17/h1-2,5,7,15,17-18,20H,3-4,6,8-13H2. The number of hydrogen-bond donors (Lipinski definition) is 2. The van der Waals surface area contributed by atoms with E-state index in [-0.39, 0.29) is 0 Å². The van der Waals surface area contributed by atoms with Crippen LogP contribution < -0.4 is 5.32 Å². The minimum atomic E-state index is 0.313. The smallest absolute Gasteiger partial charge is 0.0445 e. The molecular weight excluding hydrogens is 248 g/mol. The van der Waals surface area contributed by atoms with E-state index in [1.165, 1.54) is 43.4 Å². The fourth-order valence-electron chi connectivity index (χ4n) is 3.87. The minimum absolute atomic E-state index is 0.313. The quantitative estimate of drug-likeness (QED) is 0.889. The molecular formula is C17H26N2O. The van der Waals surface area contributed by atoms with Crippen LogP contribution in [0.1, 0.15) is 49.3 Å². The van der Waals surface area contributed by atoms with Gasteiger partial charge >= 0.3 is 0 Å². The lowest BCUT2D eigenvalue weighted by Gasteiger charge is -2.41. The maximum atomic E-state index is 9.35. The Morgan fingerprint density at radius 3 is 3.00 bits per heavy atom. The third kappa shape index (κ3) is 2.90. The molecule has 0 spiro atoms. The number of likely N-dealkylation sites (tertiary alicyclic amines) is 1. The summed E-state index contributed by atoms with van der Waals surface area (Å²) >= 11 is 0. The second-order valence-corrected chi connectivity index (χ2v) is 6.08. The van der Waals surface area contributed by atoms with Gasteiger partial charge in [0.25, 0.3) is 0 Å². The van der Waals surface area contributed by atoms with Crippen molar-refractivity contribution >= 4 is 0 Å². The van der Waals surface area contributed by atoms with Crippen molar-refractivity contribution in [2.75, 3.05) is 19.7 Å². The molecule has 2 atom stereocenters. The van der Waals surface area contributed by atoms with Crippen LogP contribution in [0.2, 0.25) is 0 Å². The SMILES string of the molecule is OCCC1CCCCN1C1CCNCc2ccccc21. The van der Waals surface area contributed by atoms with E-state index >= 15 is 0 Å². The summed E-state index contributed by atoms with van der Waals surface area (Å²) in [5.74, 6) is 0. The molecule has 2 N–H and O–H groups in total. The van der Waals surface area contributed by atoms with Crippen LogP contribution in [0.25, 0.3) is 0 Å². The molecule has 3 nitrogen and oxygen atoms in total. The van der Waals surface area contributed by atoms with Gasteiger partial charge in [0, 0.05) is 25.2 Å². The Morgan fingerprint density at radius 2 is 2.10 bits per heavy atom. The van der Waals surface area contributed by atoms with E-state index < -0.39 is 0 Å². The van der Waals surface area contributed by atoms with Crippen LogP contribution in [0, 0.1) is 0 Å². The average molecular weight is 274 g/mol. The molecule has 2 aliphatic heterocycles. The molecule has 1 aromatic rings. The molecule has 20 heavy (non-hydrogen) atoms. The van der Waals surface area contributed by atoms with Crippen molar-refractivity contribution in [3.05, 3.63) is 35.4 Å². The number of rotatable bonds is 3. The normalized spacial score (nSPS) is 27.9. The minimum Gasteiger partial charge on any atom is -0.396 e. The first-order chi connectivity index (χ1) is 9.90. The van der Waals surface area contributed by atoms with Crippen molar-refractivity contribution in [2.24, 2.45) is 0 Å². The van der Waals surface area contributed by atoms with Crippen LogP contribution in [0.3, 0.4) is 0 Å². The molecule has 2 aliphatic rings. The Kier molecular flexibility index (Phi) is 4.71. The summed E-state index contributed by atoms with van der Waals surface area (Å²) < 4.78 is 0. The first kappa shape index (κ1) is 14.1. The van der Waals surface area contributed by atoms with Gasteiger partial charge in [0.05, 0.1) is 0 Å². The summed E-state index contributed by atoms with van der Waals surface area (Å²) in [5, 5.41) is 12.9. The molecule has 1 saturated heterocycles. The highest BCUT2D eigenvalue weighted by Gasteiger charge is 2.31. The number of aliphatic hydroxyl groups is 1. The van der Waals surface area contributed by atoms with Gasteiger partial charge in [-0.05, 0) is 49.9 Å². The highest BCUT2D eigenvalue weighted by atomic mass is 16.3. The molecule has 0 aromatic heterocycles. The van der Waals surface area contributed by atoms with Gasteiger partial charge in [0.15, 0.2) is 0 Å². The van der Waals surface area contributed by atoms with Crippen molar-refractivity contribution in [1.29, 1.82) is 0 Å². The van der Waals surface area contributed by atoms with Crippen LogP contribution in [-0.2, 0) is 6.54 Å². The predicted molar refractivity (Wildman–Crippen MR) is 81.6 cm³/mol. The first-order valence-corrected chi connectivity index (χ1v) is 8.05. The lowest BCUT2D eigenvalue weighted by atomic mass is 9.91. The zero-order chi connectivity index (χ0) is 13.8. The van der Waals surface area contributed by atoms with E-state index in [9.17, 15) is 5.11 Å². The maximum absolute atomic E-state index is 9.35. The van der Waals surface area contributed by atoms with E-state index in [4.69, 9.17) is 0 Å². The van der Waals surface area contributed by atoms with Gasteiger partial charge in [-0.3, -0.25) is 4.90 Å². The van der Waals surface area contributed by atoms with Crippen molar-refractivity contribution in [3.8, 4) is 0 Å². The fourth-order valence-corrected chi connectivity index (χ4v) is 3.87. The van der Waals surface area contributed by atoms with Crippen LogP contribution in [0.4, 0.5) is 0 Å². The number of nitrogens with zero attached hydrogens (tertiary/aromatic N) is 1. The van der Waals surface area contributed by atoms with Crippen molar-refractivity contribution in [2.45, 2.75) is 50.7 Å². The number of nitrogens with one attached hydrogen (secondary N) is 1. The second-order valence-electron chi connectivity index (χ2n) is 6.08. The van der Waals surface area contributed by atoms with Gasteiger partial charge in [0.1, 0.15) is 0 Å². The monoisotopic (exact) mass is 274 g/mol. The number of benzene rings is 1. The summed E-state index contributed by atoms with van der Waals surface area (Å²) in [7, 11) is 0. The Balaban J connectivity index is 1.87. The van der Waals surface area contributed by atoms with E-state index in [2.05, 4.69) is 34.5 Å². The molecule has 2 heterocycles. The average Bonchev–Trinajstić information content (AvgIpc) is 2.71. The molecule has 0 saturated carbocycles. The number of hydrogen-bond acceptors (Lipinski definition) is 3. The Hall–Kier alpha value is -0.900. The molecule has 1 fully saturated rings. The maximum Gasteiger partial charge on any atom is 0.0445 e. The van der Waals surface area contributed by atoms with E-state index in [1.54, 1.807) is 0 Å². The molecule has 0 amide bonds. The largest absolute Gasteiger partial charge is 0.396 e. The van der Waals surface area contributed by atoms with E-state index in [0.29, 0.717) is 18.7 Å². The zero-order valence-electron chi connectivity index (χ0n) is 12.2. The number of aliphatic hydroxyl groups excluding tert-OH is 1. The zero-order valence-corrected chi connectivity index (χ0v) is 12.2. The third-order valence-electron chi connectivity index (χ3n) is 4.86. The lowest BCUT2D eigenvalue weighted by Crippen LogP contribution is -2.43. The van der Waals surface area contributed by atoms with Crippen molar-refractivity contribution in [3.63, 3.8) is 0 Å². The Bertz CT molecular complexity index is 433. The third-order valence-corrected chi connectivity index (χ3v) is 4.86. The molecule has 3 rings (SSSR count). The van der Waals surface area contributed by atoms with Crippen LogP contribution in [0.15, 0.2) is 24.3 Å².